The average molecular weight is 281 g/mol. The normalized spacial score (nSPS) is 10.7. The van der Waals surface area contributed by atoms with Crippen LogP contribution in [0.1, 0.15) is 0 Å². The van der Waals surface area contributed by atoms with Crippen LogP contribution in [-0.2, 0) is 0 Å². The summed E-state index contributed by atoms with van der Waals surface area (Å²) in [7, 11) is 3.56. The van der Waals surface area contributed by atoms with E-state index in [1.165, 1.54) is 0 Å². The van der Waals surface area contributed by atoms with Crippen LogP contribution in [0.25, 0.3) is 0 Å². The molecule has 0 spiro atoms. The van der Waals surface area contributed by atoms with Gasteiger partial charge in [0.05, 0.1) is 26.5 Å². The van der Waals surface area contributed by atoms with E-state index >= 15 is 0 Å². The molecule has 6 heteroatoms. The lowest BCUT2D eigenvalue weighted by Gasteiger charge is -2.08. The van der Waals surface area contributed by atoms with Gasteiger partial charge in [0.1, 0.15) is 0 Å². The fourth-order valence-corrected chi connectivity index (χ4v) is 0.759. The quantitative estimate of drug-likeness (QED) is 0.171. The molecule has 1 N–H and O–H groups in total. The van der Waals surface area contributed by atoms with Crippen LogP contribution in [0.15, 0.2) is 18.7 Å². The van der Waals surface area contributed by atoms with E-state index in [0.29, 0.717) is 5.96 Å². The second-order valence-corrected chi connectivity index (χ2v) is 2.29. The molecule has 12 heavy (non-hydrogen) atoms. The molecule has 0 fully saturated rings. The summed E-state index contributed by atoms with van der Waals surface area (Å²) in [6, 6.07) is 0. The lowest BCUT2D eigenvalue weighted by atomic mass is 10.7. The lowest BCUT2D eigenvalue weighted by Crippen LogP contribution is -3.00. The van der Waals surface area contributed by atoms with Crippen LogP contribution < -0.4 is 29.1 Å². The standard InChI is InChI=1S/C6H10N4O.HI/c1-9(2)6(8-11)10-4-3-7-5-10;/h3-5,8H,1-2H3;1H/p-1/b8-6-;. The van der Waals surface area contributed by atoms with Gasteiger partial charge in [-0.25, -0.2) is 4.98 Å². The maximum atomic E-state index is 10.4. The van der Waals surface area contributed by atoms with E-state index in [-0.39, 0.29) is 24.0 Å². The Hall–Kier alpha value is -0.790. The van der Waals surface area contributed by atoms with E-state index in [9.17, 15) is 5.21 Å². The highest BCUT2D eigenvalue weighted by Gasteiger charge is 2.08. The second kappa shape index (κ2) is 4.96. The summed E-state index contributed by atoms with van der Waals surface area (Å²) >= 11 is 0. The van der Waals surface area contributed by atoms with Crippen LogP contribution >= 0.6 is 0 Å². The molecule has 0 aliphatic rings. The minimum absolute atomic E-state index is 0. The first-order chi connectivity index (χ1) is 5.25. The highest BCUT2D eigenvalue weighted by Crippen LogP contribution is 1.84. The Morgan fingerprint density at radius 2 is 2.25 bits per heavy atom. The minimum atomic E-state index is 0. The fourth-order valence-electron chi connectivity index (χ4n) is 0.759. The smallest absolute Gasteiger partial charge is 0.358 e. The summed E-state index contributed by atoms with van der Waals surface area (Å²) in [5.41, 5.74) is 0. The van der Waals surface area contributed by atoms with Gasteiger partial charge in [0.2, 0.25) is 0 Å². The van der Waals surface area contributed by atoms with Crippen molar-refractivity contribution >= 4 is 5.96 Å². The monoisotopic (exact) mass is 281 g/mol. The van der Waals surface area contributed by atoms with Gasteiger partial charge in [0, 0.05) is 0 Å². The summed E-state index contributed by atoms with van der Waals surface area (Å²) < 4.78 is 1.60. The summed E-state index contributed by atoms with van der Waals surface area (Å²) in [5.74, 6) is 0.447. The molecule has 0 aliphatic carbocycles. The van der Waals surface area contributed by atoms with Crippen molar-refractivity contribution in [1.82, 2.24) is 14.5 Å². The van der Waals surface area contributed by atoms with E-state index in [2.05, 4.69) is 4.98 Å². The van der Waals surface area contributed by atoms with E-state index in [4.69, 9.17) is 0 Å². The second-order valence-electron chi connectivity index (χ2n) is 2.29. The van der Waals surface area contributed by atoms with Gasteiger partial charge >= 0.3 is 5.96 Å². The average Bonchev–Trinajstić information content (AvgIpc) is 2.40. The van der Waals surface area contributed by atoms with E-state index in [1.54, 1.807) is 42.3 Å². The number of imidazole rings is 1. The number of nitrogens with zero attached hydrogens (tertiary/aromatic N) is 3. The molecule has 0 radical (unpaired) electrons. The van der Waals surface area contributed by atoms with Crippen LogP contribution in [0.3, 0.4) is 0 Å². The SMILES string of the molecule is CN(C)/C(=[NH+]/[O-])n1ccnc1.[I-]. The molecular weight excluding hydrogens is 271 g/mol. The summed E-state index contributed by atoms with van der Waals surface area (Å²) in [6.07, 6.45) is 4.86. The molecule has 0 atom stereocenters. The summed E-state index contributed by atoms with van der Waals surface area (Å²) in [5, 5.41) is 12.2. The van der Waals surface area contributed by atoms with E-state index in [0.717, 1.165) is 0 Å². The van der Waals surface area contributed by atoms with Gasteiger partial charge in [0.15, 0.2) is 6.33 Å². The zero-order valence-corrected chi connectivity index (χ0v) is 9.02. The zero-order chi connectivity index (χ0) is 8.27. The Morgan fingerprint density at radius 1 is 1.58 bits per heavy atom. The largest absolute Gasteiger partial charge is 1.00 e. The van der Waals surface area contributed by atoms with Gasteiger partial charge in [-0.3, -0.25) is 10.1 Å². The van der Waals surface area contributed by atoms with E-state index in [1.807, 2.05) is 5.16 Å². The molecule has 1 heterocycles. The van der Waals surface area contributed by atoms with Crippen molar-refractivity contribution in [3.05, 3.63) is 23.9 Å². The molecule has 0 aliphatic heterocycles. The highest BCUT2D eigenvalue weighted by atomic mass is 127. The summed E-state index contributed by atoms with van der Waals surface area (Å²) in [4.78, 5) is 5.49. The first-order valence-corrected chi connectivity index (χ1v) is 3.16. The molecule has 0 saturated heterocycles. The van der Waals surface area contributed by atoms with Crippen molar-refractivity contribution in [1.29, 1.82) is 0 Å². The van der Waals surface area contributed by atoms with Crippen LogP contribution in [0.4, 0.5) is 0 Å². The molecule has 0 amide bonds. The molecular formula is C6H10IN4O-. The van der Waals surface area contributed by atoms with Crippen molar-refractivity contribution in [3.8, 4) is 0 Å². The first-order valence-electron chi connectivity index (χ1n) is 3.16. The molecule has 0 saturated carbocycles. The number of aromatic nitrogens is 2. The fraction of sp³-hybridized carbons (Fsp3) is 0.333. The highest BCUT2D eigenvalue weighted by molar-refractivity contribution is 5.75. The number of hydrogen-bond acceptors (Lipinski definition) is 2. The molecule has 5 nitrogen and oxygen atoms in total. The Labute approximate surface area is 87.7 Å². The van der Waals surface area contributed by atoms with Crippen LogP contribution in [0.2, 0.25) is 0 Å². The van der Waals surface area contributed by atoms with Gasteiger partial charge in [0.25, 0.3) is 0 Å². The first kappa shape index (κ1) is 11.2. The van der Waals surface area contributed by atoms with Crippen molar-refractivity contribution in [2.45, 2.75) is 0 Å². The van der Waals surface area contributed by atoms with Gasteiger partial charge in [-0.05, 0) is 0 Å². The lowest BCUT2D eigenvalue weighted by molar-refractivity contribution is -0.383. The predicted octanol–water partition coefficient (Wildman–Crippen LogP) is -4.77. The Morgan fingerprint density at radius 3 is 2.58 bits per heavy atom. The summed E-state index contributed by atoms with van der Waals surface area (Å²) in [6.45, 7) is 0. The number of nitrogens with one attached hydrogen (secondary N) is 1. The van der Waals surface area contributed by atoms with Gasteiger partial charge in [-0.2, -0.15) is 4.57 Å². The van der Waals surface area contributed by atoms with E-state index < -0.39 is 0 Å². The molecule has 0 aromatic carbocycles. The molecule has 1 aromatic rings. The van der Waals surface area contributed by atoms with Gasteiger partial charge in [-0.1, -0.05) is 0 Å². The van der Waals surface area contributed by atoms with Crippen molar-refractivity contribution < 1.29 is 29.1 Å². The van der Waals surface area contributed by atoms with Gasteiger partial charge in [-0.15, -0.1) is 0 Å². The van der Waals surface area contributed by atoms with Crippen LogP contribution in [0, 0.1) is 5.21 Å². The Balaban J connectivity index is 0.00000121. The molecule has 0 bridgehead atoms. The van der Waals surface area contributed by atoms with Crippen LogP contribution in [-0.4, -0.2) is 34.5 Å². The number of rotatable bonds is 0. The topological polar surface area (TPSA) is 58.1 Å². The third-order valence-electron chi connectivity index (χ3n) is 1.26. The Kier molecular flexibility index (Phi) is 4.64. The number of halogens is 1. The molecule has 68 valence electrons. The third kappa shape index (κ3) is 2.36. The molecule has 1 rings (SSSR count). The zero-order valence-electron chi connectivity index (χ0n) is 6.86. The Bertz CT molecular complexity index is 244. The van der Waals surface area contributed by atoms with Crippen molar-refractivity contribution in [2.75, 3.05) is 14.1 Å². The maximum Gasteiger partial charge on any atom is 0.358 e. The maximum absolute atomic E-state index is 10.4. The molecule has 1 aromatic heterocycles. The van der Waals surface area contributed by atoms with Crippen molar-refractivity contribution in [2.24, 2.45) is 0 Å². The van der Waals surface area contributed by atoms with Crippen LogP contribution in [0.5, 0.6) is 0 Å². The molecule has 0 unspecified atom stereocenters. The predicted molar refractivity (Wildman–Crippen MR) is 40.6 cm³/mol. The van der Waals surface area contributed by atoms with Gasteiger partial charge < -0.3 is 29.2 Å². The third-order valence-corrected chi connectivity index (χ3v) is 1.26. The van der Waals surface area contributed by atoms with Crippen molar-refractivity contribution in [3.63, 3.8) is 0 Å². The number of hydrogen-bond donors (Lipinski definition) is 1. The minimum Gasteiger partial charge on any atom is -1.00 e.